The van der Waals surface area contributed by atoms with E-state index in [2.05, 4.69) is 5.32 Å². The van der Waals surface area contributed by atoms with Gasteiger partial charge in [-0.15, -0.1) is 0 Å². The van der Waals surface area contributed by atoms with Crippen molar-refractivity contribution < 1.29 is 23.6 Å². The molecule has 28 heavy (non-hydrogen) atoms. The number of aliphatic hydroxyl groups is 1. The molecule has 2 aliphatic rings. The molecule has 0 aromatic heterocycles. The summed E-state index contributed by atoms with van der Waals surface area (Å²) in [6.45, 7) is 3.84. The van der Waals surface area contributed by atoms with Crippen molar-refractivity contribution in [2.75, 3.05) is 47.5 Å². The fourth-order valence-corrected chi connectivity index (χ4v) is 4.58. The third-order valence-corrected chi connectivity index (χ3v) is 6.36. The largest absolute Gasteiger partial charge is 0.616 e. The van der Waals surface area contributed by atoms with Gasteiger partial charge >= 0.3 is 0 Å². The Balaban J connectivity index is 1.62. The molecule has 3 atom stereocenters. The molecule has 0 radical (unpaired) electrons. The highest BCUT2D eigenvalue weighted by molar-refractivity contribution is 7.91. The fourth-order valence-electron chi connectivity index (χ4n) is 3.50. The van der Waals surface area contributed by atoms with E-state index >= 15 is 0 Å². The molecule has 0 bridgehead atoms. The van der Waals surface area contributed by atoms with Crippen molar-refractivity contribution >= 4 is 28.5 Å². The number of amides is 1. The number of nitrogens with zero attached hydrogens (tertiary/aromatic N) is 2. The first-order chi connectivity index (χ1) is 13.5. The zero-order valence-corrected chi connectivity index (χ0v) is 16.9. The molecule has 2 heterocycles. The molecule has 1 amide bonds. The van der Waals surface area contributed by atoms with Crippen LogP contribution in [-0.4, -0.2) is 65.8 Å². The Hall–Kier alpha value is -1.55. The van der Waals surface area contributed by atoms with Crippen LogP contribution in [-0.2, 0) is 20.7 Å². The molecular weight excluding hydrogens is 385 g/mol. The van der Waals surface area contributed by atoms with Crippen LogP contribution in [0.25, 0.3) is 0 Å². The number of nitrogens with one attached hydrogen (secondary N) is 1. The van der Waals surface area contributed by atoms with Gasteiger partial charge in [-0.3, -0.25) is 4.79 Å². The number of carbonyl (C=O) groups excluding carboxylic acids is 1. The smallest absolute Gasteiger partial charge is 0.238 e. The van der Waals surface area contributed by atoms with Gasteiger partial charge in [0.25, 0.3) is 0 Å². The Morgan fingerprint density at radius 2 is 2.25 bits per heavy atom. The molecule has 1 aromatic carbocycles. The van der Waals surface area contributed by atoms with Crippen molar-refractivity contribution in [2.45, 2.75) is 38.7 Å². The molecule has 9 heteroatoms. The lowest BCUT2D eigenvalue weighted by molar-refractivity contribution is -0.123. The highest BCUT2D eigenvalue weighted by Crippen LogP contribution is 2.29. The molecule has 0 spiro atoms. The van der Waals surface area contributed by atoms with Gasteiger partial charge in [-0.25, -0.2) is 4.39 Å². The molecule has 156 valence electrons. The van der Waals surface area contributed by atoms with Crippen LogP contribution in [0.3, 0.4) is 0 Å². The second-order valence-corrected chi connectivity index (χ2v) is 8.81. The van der Waals surface area contributed by atoms with Gasteiger partial charge in [0.15, 0.2) is 0 Å². The molecule has 7 nitrogen and oxygen atoms in total. The molecule has 2 aliphatic heterocycles. The van der Waals surface area contributed by atoms with Crippen LogP contribution in [0, 0.1) is 5.82 Å². The van der Waals surface area contributed by atoms with Gasteiger partial charge in [0.2, 0.25) is 12.3 Å². The maximum Gasteiger partial charge on any atom is 0.238 e. The van der Waals surface area contributed by atoms with E-state index in [9.17, 15) is 18.8 Å². The Labute approximate surface area is 168 Å². The van der Waals surface area contributed by atoms with E-state index in [4.69, 9.17) is 4.74 Å². The molecule has 1 aromatic rings. The summed E-state index contributed by atoms with van der Waals surface area (Å²) in [6, 6.07) is 4.84. The van der Waals surface area contributed by atoms with Gasteiger partial charge in [-0.2, -0.15) is 0 Å². The Morgan fingerprint density at radius 1 is 1.43 bits per heavy atom. The first-order valence-electron chi connectivity index (χ1n) is 9.74. The number of hydrogen-bond acceptors (Lipinski definition) is 6. The average molecular weight is 414 g/mol. The van der Waals surface area contributed by atoms with Crippen LogP contribution in [0.4, 0.5) is 15.8 Å². The first kappa shape index (κ1) is 21.2. The average Bonchev–Trinajstić information content (AvgIpc) is 2.90. The van der Waals surface area contributed by atoms with Crippen molar-refractivity contribution in [3.8, 4) is 0 Å². The quantitative estimate of drug-likeness (QED) is 0.681. The van der Waals surface area contributed by atoms with Crippen molar-refractivity contribution in [1.29, 1.82) is 0 Å². The molecule has 2 fully saturated rings. The Kier molecular flexibility index (Phi) is 7.39. The minimum atomic E-state index is -1.18. The number of benzene rings is 1. The highest BCUT2D eigenvalue weighted by Gasteiger charge is 2.32. The van der Waals surface area contributed by atoms with Gasteiger partial charge in [-0.1, -0.05) is 18.1 Å². The monoisotopic (exact) mass is 413 g/mol. The zero-order valence-electron chi connectivity index (χ0n) is 16.1. The molecule has 2 saturated heterocycles. The van der Waals surface area contributed by atoms with Crippen molar-refractivity contribution in [3.05, 3.63) is 24.0 Å². The van der Waals surface area contributed by atoms with E-state index < -0.39 is 17.6 Å². The van der Waals surface area contributed by atoms with Gasteiger partial charge in [0.05, 0.1) is 24.9 Å². The molecule has 3 rings (SSSR count). The summed E-state index contributed by atoms with van der Waals surface area (Å²) in [5.74, 6) is 0.777. The number of anilines is 2. The topological polar surface area (TPSA) is 88.1 Å². The van der Waals surface area contributed by atoms with Crippen molar-refractivity contribution in [3.63, 3.8) is 0 Å². The van der Waals surface area contributed by atoms with Gasteiger partial charge in [0, 0.05) is 31.6 Å². The van der Waals surface area contributed by atoms with Crippen LogP contribution >= 0.6 is 0 Å². The maximum absolute atomic E-state index is 14.8. The standard InChI is InChI=1S/C19H28FN3O4S/c1-2-4-18(24)21-12-15-13-23(19(25)27-15)14-5-6-17(16(20)11-14)22-7-3-9-28(26)10-8-22/h5-6,11,15,19,25H,2-4,7-10,12-13H2,1H3,(H,21,24)/t15-,19?,28?/m0/s1. The summed E-state index contributed by atoms with van der Waals surface area (Å²) in [5, 5.41) is 13.0. The third kappa shape index (κ3) is 5.28. The number of aliphatic hydroxyl groups excluding tert-OH is 1. The van der Waals surface area contributed by atoms with E-state index in [1.807, 2.05) is 11.8 Å². The lowest BCUT2D eigenvalue weighted by atomic mass is 10.2. The van der Waals surface area contributed by atoms with Crippen LogP contribution < -0.4 is 15.1 Å². The molecular formula is C19H28FN3O4S. The normalized spacial score (nSPS) is 25.6. The third-order valence-electron chi connectivity index (χ3n) is 4.98. The maximum atomic E-state index is 14.8. The zero-order chi connectivity index (χ0) is 20.1. The second-order valence-electron chi connectivity index (χ2n) is 7.12. The number of carbonyl (C=O) groups is 1. The van der Waals surface area contributed by atoms with E-state index in [-0.39, 0.29) is 17.8 Å². The van der Waals surface area contributed by atoms with Crippen LogP contribution in [0.1, 0.15) is 26.2 Å². The SMILES string of the molecule is CCCC(=O)NC[C@H]1CN(c2ccc(N3CCC[S+]([O-])CC3)c(F)c2)C(O)O1. The summed E-state index contributed by atoms with van der Waals surface area (Å²) in [4.78, 5) is 15.1. The molecule has 2 unspecified atom stereocenters. The summed E-state index contributed by atoms with van der Waals surface area (Å²) < 4.78 is 31.9. The van der Waals surface area contributed by atoms with Crippen molar-refractivity contribution in [1.82, 2.24) is 5.32 Å². The first-order valence-corrected chi connectivity index (χ1v) is 11.2. The Bertz CT molecular complexity index is 681. The summed E-state index contributed by atoms with van der Waals surface area (Å²) in [5.41, 5.74) is 1.01. The predicted octanol–water partition coefficient (Wildman–Crippen LogP) is 1.18. The van der Waals surface area contributed by atoms with E-state index in [0.717, 1.165) is 12.8 Å². The molecule has 0 saturated carbocycles. The minimum absolute atomic E-state index is 0.0483. The van der Waals surface area contributed by atoms with Crippen LogP contribution in [0.2, 0.25) is 0 Å². The predicted molar refractivity (Wildman–Crippen MR) is 107 cm³/mol. The van der Waals surface area contributed by atoms with Gasteiger partial charge in [0.1, 0.15) is 17.3 Å². The lowest BCUT2D eigenvalue weighted by Gasteiger charge is -2.25. The number of hydrogen-bond donors (Lipinski definition) is 2. The van der Waals surface area contributed by atoms with Crippen molar-refractivity contribution in [2.24, 2.45) is 0 Å². The second kappa shape index (κ2) is 9.78. The van der Waals surface area contributed by atoms with E-state index in [1.54, 1.807) is 17.0 Å². The minimum Gasteiger partial charge on any atom is -0.616 e. The van der Waals surface area contributed by atoms with Crippen LogP contribution in [0.15, 0.2) is 18.2 Å². The lowest BCUT2D eigenvalue weighted by Crippen LogP contribution is -2.34. The van der Waals surface area contributed by atoms with Crippen LogP contribution in [0.5, 0.6) is 0 Å². The van der Waals surface area contributed by atoms with Gasteiger partial charge in [-0.05, 0) is 24.6 Å². The summed E-state index contributed by atoms with van der Waals surface area (Å²) >= 11 is -0.833. The number of halogens is 1. The highest BCUT2D eigenvalue weighted by atomic mass is 32.2. The summed E-state index contributed by atoms with van der Waals surface area (Å²) in [6.07, 6.45) is 0.455. The van der Waals surface area contributed by atoms with E-state index in [0.29, 0.717) is 55.5 Å². The number of rotatable bonds is 6. The fraction of sp³-hybridized carbons (Fsp3) is 0.632. The van der Waals surface area contributed by atoms with Gasteiger partial charge < -0.3 is 29.5 Å². The molecule has 0 aliphatic carbocycles. The van der Waals surface area contributed by atoms with E-state index in [1.165, 1.54) is 6.07 Å². The Morgan fingerprint density at radius 3 is 3.00 bits per heavy atom. The molecule has 2 N–H and O–H groups in total. The number of ether oxygens (including phenoxy) is 1. The summed E-state index contributed by atoms with van der Waals surface area (Å²) in [7, 11) is 0.